The van der Waals surface area contributed by atoms with Crippen LogP contribution < -0.4 is 9.72 Å². The fourth-order valence-electron chi connectivity index (χ4n) is 2.18. The summed E-state index contributed by atoms with van der Waals surface area (Å²) in [6.45, 7) is 0. The third-order valence-corrected chi connectivity index (χ3v) is 4.18. The highest BCUT2D eigenvalue weighted by Crippen LogP contribution is 2.27. The number of rotatable bonds is 5. The summed E-state index contributed by atoms with van der Waals surface area (Å²) in [5.74, 6) is 1.51. The number of carbonyl (C=O) groups is 1. The molecule has 2 aromatic carbocycles. The fraction of sp³-hybridized carbons (Fsp3) is 0.125. The van der Waals surface area contributed by atoms with Crippen molar-refractivity contribution in [3.63, 3.8) is 0 Å². The second kappa shape index (κ2) is 6.01. The molecule has 0 spiro atoms. The van der Waals surface area contributed by atoms with E-state index >= 15 is 0 Å². The number of hydrogen-bond acceptors (Lipinski definition) is 3. The number of imidazole rings is 1. The predicted molar refractivity (Wildman–Crippen MR) is 82.8 cm³/mol. The maximum Gasteiger partial charge on any atom is 0.314 e. The monoisotopic (exact) mass is 299 g/mol. The van der Waals surface area contributed by atoms with Gasteiger partial charge in [-0.15, -0.1) is 0 Å². The van der Waals surface area contributed by atoms with Gasteiger partial charge < -0.3 is 4.74 Å². The number of benzene rings is 2. The number of carbonyl (C=O) groups excluding carboxylic acids is 1. The first kappa shape index (κ1) is 13.7. The lowest BCUT2D eigenvalue weighted by molar-refractivity contribution is -0.396. The fourth-order valence-corrected chi connectivity index (χ4v) is 3.07. The van der Waals surface area contributed by atoms with E-state index in [1.165, 1.54) is 0 Å². The van der Waals surface area contributed by atoms with Crippen LogP contribution in [-0.2, 0) is 5.75 Å². The van der Waals surface area contributed by atoms with Gasteiger partial charge in [0, 0.05) is 16.9 Å². The lowest BCUT2D eigenvalue weighted by Gasteiger charge is -2.07. The number of thioether (sulfide) groups is 1. The summed E-state index contributed by atoms with van der Waals surface area (Å²) in [5.41, 5.74) is 3.81. The third kappa shape index (κ3) is 2.92. The zero-order chi connectivity index (χ0) is 14.7. The number of methoxy groups -OCH3 is 1. The molecule has 0 unspecified atom stereocenters. The van der Waals surface area contributed by atoms with Crippen LogP contribution in [0.5, 0.6) is 5.75 Å². The highest BCUT2D eigenvalue weighted by atomic mass is 32.2. The van der Waals surface area contributed by atoms with E-state index in [0.717, 1.165) is 33.8 Å². The Hall–Kier alpha value is -2.27. The van der Waals surface area contributed by atoms with Crippen LogP contribution in [0, 0.1) is 0 Å². The molecule has 0 atom stereocenters. The molecule has 106 valence electrons. The topological polar surface area (TPSA) is 56.2 Å². The smallest absolute Gasteiger partial charge is 0.314 e. The highest BCUT2D eigenvalue weighted by molar-refractivity contribution is 7.98. The van der Waals surface area contributed by atoms with Gasteiger partial charge >= 0.3 is 5.16 Å². The third-order valence-electron chi connectivity index (χ3n) is 3.24. The van der Waals surface area contributed by atoms with E-state index in [2.05, 4.69) is 9.97 Å². The summed E-state index contributed by atoms with van der Waals surface area (Å²) in [4.78, 5) is 17.5. The number of hydrogen-bond donors (Lipinski definition) is 1. The van der Waals surface area contributed by atoms with Crippen molar-refractivity contribution < 1.29 is 14.5 Å². The van der Waals surface area contributed by atoms with Gasteiger partial charge in [0.05, 0.1) is 7.11 Å². The number of aromatic nitrogens is 2. The molecule has 4 nitrogen and oxygen atoms in total. The molecule has 0 bridgehead atoms. The zero-order valence-corrected chi connectivity index (χ0v) is 12.4. The number of aromatic amines is 2. The number of H-pyrrole nitrogens is 2. The minimum absolute atomic E-state index is 0.659. The van der Waals surface area contributed by atoms with E-state index in [-0.39, 0.29) is 0 Å². The van der Waals surface area contributed by atoms with Crippen LogP contribution in [0.1, 0.15) is 15.9 Å². The van der Waals surface area contributed by atoms with Crippen molar-refractivity contribution in [1.29, 1.82) is 0 Å². The Bertz CT molecular complexity index is 750. The van der Waals surface area contributed by atoms with Crippen molar-refractivity contribution in [2.45, 2.75) is 10.9 Å². The molecule has 0 saturated carbocycles. The maximum atomic E-state index is 10.9. The number of aldehydes is 1. The van der Waals surface area contributed by atoms with Gasteiger partial charge in [0.15, 0.2) is 11.0 Å². The standard InChI is InChI=1S/C16H14N2O2S/c1-20-15-7-6-11(9-19)8-12(15)10-21-16-17-13-4-2-3-5-14(13)18-16/h2-9H,10H2,1H3,(H,17,18)/p+1. The van der Waals surface area contributed by atoms with Crippen molar-refractivity contribution in [3.8, 4) is 5.75 Å². The number of ether oxygens (including phenoxy) is 1. The quantitative estimate of drug-likeness (QED) is 0.582. The van der Waals surface area contributed by atoms with Gasteiger partial charge in [0.1, 0.15) is 12.0 Å². The SMILES string of the molecule is COc1ccc(C=O)cc1CSc1[nH]c2ccccc2[nH+]1. The minimum atomic E-state index is 0.659. The Balaban J connectivity index is 1.82. The van der Waals surface area contributed by atoms with Crippen molar-refractivity contribution >= 4 is 29.1 Å². The van der Waals surface area contributed by atoms with E-state index in [0.29, 0.717) is 11.3 Å². The molecule has 0 aliphatic rings. The molecule has 1 aromatic heterocycles. The number of fused-ring (bicyclic) bond motifs is 1. The predicted octanol–water partition coefficient (Wildman–Crippen LogP) is 3.10. The molecular formula is C16H15N2O2S+. The molecule has 0 fully saturated rings. The van der Waals surface area contributed by atoms with Crippen LogP contribution >= 0.6 is 11.8 Å². The Kier molecular flexibility index (Phi) is 3.92. The maximum absolute atomic E-state index is 10.9. The highest BCUT2D eigenvalue weighted by Gasteiger charge is 2.12. The van der Waals surface area contributed by atoms with Crippen LogP contribution in [0.2, 0.25) is 0 Å². The van der Waals surface area contributed by atoms with Gasteiger partial charge in [-0.2, -0.15) is 0 Å². The second-order valence-corrected chi connectivity index (χ2v) is 5.59. The first-order chi connectivity index (χ1) is 10.3. The van der Waals surface area contributed by atoms with Gasteiger partial charge in [0.2, 0.25) is 0 Å². The minimum Gasteiger partial charge on any atom is -0.496 e. The van der Waals surface area contributed by atoms with E-state index < -0.39 is 0 Å². The Morgan fingerprint density at radius 3 is 2.90 bits per heavy atom. The molecule has 2 N–H and O–H groups in total. The molecule has 0 saturated heterocycles. The first-order valence-corrected chi connectivity index (χ1v) is 7.53. The zero-order valence-electron chi connectivity index (χ0n) is 11.6. The number of nitrogens with one attached hydrogen (secondary N) is 2. The summed E-state index contributed by atoms with van der Waals surface area (Å²) in [6.07, 6.45) is 0.850. The van der Waals surface area contributed by atoms with E-state index in [9.17, 15) is 4.79 Å². The molecule has 3 aromatic rings. The Morgan fingerprint density at radius 1 is 1.29 bits per heavy atom. The van der Waals surface area contributed by atoms with Crippen LogP contribution in [0.3, 0.4) is 0 Å². The lowest BCUT2D eigenvalue weighted by atomic mass is 10.1. The normalized spacial score (nSPS) is 10.7. The van der Waals surface area contributed by atoms with Gasteiger partial charge in [-0.1, -0.05) is 12.1 Å². The molecule has 5 heteroatoms. The molecule has 0 radical (unpaired) electrons. The summed E-state index contributed by atoms with van der Waals surface area (Å²) < 4.78 is 5.34. The number of para-hydroxylation sites is 2. The summed E-state index contributed by atoms with van der Waals surface area (Å²) >= 11 is 1.64. The van der Waals surface area contributed by atoms with Gasteiger partial charge in [0.25, 0.3) is 0 Å². The summed E-state index contributed by atoms with van der Waals surface area (Å²) in [7, 11) is 1.64. The molecule has 0 aliphatic heterocycles. The molecule has 3 rings (SSSR count). The average Bonchev–Trinajstić information content (AvgIpc) is 2.95. The van der Waals surface area contributed by atoms with Crippen molar-refractivity contribution in [1.82, 2.24) is 4.98 Å². The van der Waals surface area contributed by atoms with Gasteiger partial charge in [-0.05, 0) is 42.1 Å². The van der Waals surface area contributed by atoms with E-state index in [1.54, 1.807) is 24.9 Å². The van der Waals surface area contributed by atoms with E-state index in [1.807, 2.05) is 36.4 Å². The van der Waals surface area contributed by atoms with Crippen molar-refractivity contribution in [3.05, 3.63) is 53.6 Å². The average molecular weight is 299 g/mol. The van der Waals surface area contributed by atoms with Crippen LogP contribution in [-0.4, -0.2) is 18.4 Å². The summed E-state index contributed by atoms with van der Waals surface area (Å²) in [6, 6.07) is 13.5. The molecule has 1 heterocycles. The van der Waals surface area contributed by atoms with Crippen molar-refractivity contribution in [2.24, 2.45) is 0 Å². The molecule has 0 aliphatic carbocycles. The molecular weight excluding hydrogens is 284 g/mol. The lowest BCUT2D eigenvalue weighted by Crippen LogP contribution is -2.01. The Morgan fingerprint density at radius 2 is 2.14 bits per heavy atom. The van der Waals surface area contributed by atoms with Crippen LogP contribution in [0.15, 0.2) is 47.6 Å². The van der Waals surface area contributed by atoms with E-state index in [4.69, 9.17) is 4.74 Å². The molecule has 21 heavy (non-hydrogen) atoms. The Labute approximate surface area is 126 Å². The summed E-state index contributed by atoms with van der Waals surface area (Å²) in [5, 5.41) is 0.981. The molecule has 0 amide bonds. The van der Waals surface area contributed by atoms with Crippen molar-refractivity contribution in [2.75, 3.05) is 7.11 Å². The first-order valence-electron chi connectivity index (χ1n) is 6.55. The largest absolute Gasteiger partial charge is 0.496 e. The van der Waals surface area contributed by atoms with Crippen LogP contribution in [0.25, 0.3) is 11.0 Å². The second-order valence-electron chi connectivity index (χ2n) is 4.60. The van der Waals surface area contributed by atoms with Gasteiger partial charge in [-0.25, -0.2) is 9.97 Å². The van der Waals surface area contributed by atoms with Crippen LogP contribution in [0.4, 0.5) is 0 Å². The van der Waals surface area contributed by atoms with Gasteiger partial charge in [-0.3, -0.25) is 4.79 Å².